The lowest BCUT2D eigenvalue weighted by molar-refractivity contribution is 0.317. The zero-order valence-electron chi connectivity index (χ0n) is 12.4. The maximum absolute atomic E-state index is 5.75. The molecule has 2 rings (SSSR count). The lowest BCUT2D eigenvalue weighted by Gasteiger charge is -2.18. The third-order valence-electron chi connectivity index (χ3n) is 3.37. The highest BCUT2D eigenvalue weighted by atomic mass is 79.9. The van der Waals surface area contributed by atoms with Crippen molar-refractivity contribution >= 4 is 15.9 Å². The maximum atomic E-state index is 5.75. The molecule has 0 aromatic heterocycles. The van der Waals surface area contributed by atoms with E-state index in [0.717, 1.165) is 34.4 Å². The molecule has 0 spiro atoms. The average molecular weight is 349 g/mol. The molecule has 0 fully saturated rings. The Balaban J connectivity index is 2.22. The van der Waals surface area contributed by atoms with Crippen LogP contribution < -0.4 is 16.0 Å². The first-order chi connectivity index (χ1) is 10.2. The van der Waals surface area contributed by atoms with Crippen molar-refractivity contribution in [3.63, 3.8) is 0 Å². The van der Waals surface area contributed by atoms with Gasteiger partial charge in [0.25, 0.3) is 0 Å². The van der Waals surface area contributed by atoms with Gasteiger partial charge in [0.2, 0.25) is 0 Å². The first kappa shape index (κ1) is 16.0. The van der Waals surface area contributed by atoms with Crippen molar-refractivity contribution in [2.45, 2.75) is 26.3 Å². The Hall–Kier alpha value is -1.36. The van der Waals surface area contributed by atoms with Crippen LogP contribution in [0.25, 0.3) is 0 Å². The van der Waals surface area contributed by atoms with Gasteiger partial charge >= 0.3 is 0 Å². The molecule has 0 aliphatic carbocycles. The summed E-state index contributed by atoms with van der Waals surface area (Å²) < 4.78 is 6.71. The first-order valence-corrected chi connectivity index (χ1v) is 7.90. The fourth-order valence-electron chi connectivity index (χ4n) is 2.21. The molecule has 0 saturated carbocycles. The molecule has 21 heavy (non-hydrogen) atoms. The predicted octanol–water partition coefficient (Wildman–Crippen LogP) is 4.10. The second-order valence-electron chi connectivity index (χ2n) is 5.03. The Morgan fingerprint density at radius 1 is 1.14 bits per heavy atom. The van der Waals surface area contributed by atoms with Gasteiger partial charge in [0.05, 0.1) is 12.6 Å². The van der Waals surface area contributed by atoms with E-state index in [9.17, 15) is 0 Å². The van der Waals surface area contributed by atoms with Crippen molar-refractivity contribution in [2.75, 3.05) is 6.61 Å². The zero-order chi connectivity index (χ0) is 15.2. The maximum Gasteiger partial charge on any atom is 0.119 e. The summed E-state index contributed by atoms with van der Waals surface area (Å²) in [7, 11) is 0. The molecule has 2 aromatic rings. The van der Waals surface area contributed by atoms with Gasteiger partial charge in [-0.05, 0) is 48.2 Å². The van der Waals surface area contributed by atoms with Crippen LogP contribution in [-0.4, -0.2) is 6.61 Å². The molecule has 0 heterocycles. The minimum Gasteiger partial charge on any atom is -0.494 e. The SMILES string of the molecule is CCCOc1ccc(C(NN)c2ccc(Br)c(C)c2)cc1. The number of nitrogens with one attached hydrogen (secondary N) is 1. The summed E-state index contributed by atoms with van der Waals surface area (Å²) >= 11 is 3.52. The molecule has 3 nitrogen and oxygen atoms in total. The van der Waals surface area contributed by atoms with Gasteiger partial charge in [0.15, 0.2) is 0 Å². The van der Waals surface area contributed by atoms with Crippen molar-refractivity contribution in [3.8, 4) is 5.75 Å². The van der Waals surface area contributed by atoms with Gasteiger partial charge in [0.1, 0.15) is 5.75 Å². The van der Waals surface area contributed by atoms with Crippen molar-refractivity contribution in [1.29, 1.82) is 0 Å². The van der Waals surface area contributed by atoms with Gasteiger partial charge in [-0.25, -0.2) is 5.43 Å². The van der Waals surface area contributed by atoms with E-state index in [1.165, 1.54) is 5.56 Å². The third kappa shape index (κ3) is 4.06. The Bertz CT molecular complexity index is 584. The molecule has 0 amide bonds. The molecule has 0 saturated heterocycles. The van der Waals surface area contributed by atoms with Crippen molar-refractivity contribution in [2.24, 2.45) is 5.84 Å². The van der Waals surface area contributed by atoms with Crippen LogP contribution in [0.2, 0.25) is 0 Å². The monoisotopic (exact) mass is 348 g/mol. The van der Waals surface area contributed by atoms with E-state index in [-0.39, 0.29) is 6.04 Å². The topological polar surface area (TPSA) is 47.3 Å². The molecule has 4 heteroatoms. The Labute approximate surface area is 134 Å². The average Bonchev–Trinajstić information content (AvgIpc) is 2.50. The minimum atomic E-state index is -0.0305. The van der Waals surface area contributed by atoms with Crippen LogP contribution in [0.3, 0.4) is 0 Å². The Morgan fingerprint density at radius 2 is 1.81 bits per heavy atom. The smallest absolute Gasteiger partial charge is 0.119 e. The van der Waals surface area contributed by atoms with Crippen LogP contribution in [0.4, 0.5) is 0 Å². The lowest BCUT2D eigenvalue weighted by Crippen LogP contribution is -2.28. The van der Waals surface area contributed by atoms with Crippen molar-refractivity contribution < 1.29 is 4.74 Å². The first-order valence-electron chi connectivity index (χ1n) is 7.10. The fourth-order valence-corrected chi connectivity index (χ4v) is 2.46. The van der Waals surface area contributed by atoms with Gasteiger partial charge in [0, 0.05) is 4.47 Å². The number of nitrogens with two attached hydrogens (primary N) is 1. The summed E-state index contributed by atoms with van der Waals surface area (Å²) in [6.07, 6.45) is 1.01. The number of benzene rings is 2. The van der Waals surface area contributed by atoms with E-state index < -0.39 is 0 Å². The molecule has 0 bridgehead atoms. The Morgan fingerprint density at radius 3 is 2.38 bits per heavy atom. The molecule has 1 unspecified atom stereocenters. The summed E-state index contributed by atoms with van der Waals surface area (Å²) in [5, 5.41) is 0. The molecule has 112 valence electrons. The van der Waals surface area contributed by atoms with E-state index in [2.05, 4.69) is 47.3 Å². The molecule has 2 aromatic carbocycles. The number of halogens is 1. The van der Waals surface area contributed by atoms with Crippen molar-refractivity contribution in [1.82, 2.24) is 5.43 Å². The van der Waals surface area contributed by atoms with Crippen LogP contribution in [0.5, 0.6) is 5.75 Å². The molecule has 1 atom stereocenters. The highest BCUT2D eigenvalue weighted by molar-refractivity contribution is 9.10. The van der Waals surface area contributed by atoms with Crippen molar-refractivity contribution in [3.05, 3.63) is 63.6 Å². The van der Waals surface area contributed by atoms with Crippen LogP contribution in [0.15, 0.2) is 46.9 Å². The molecule has 3 N–H and O–H groups in total. The molecule has 0 radical (unpaired) electrons. The number of ether oxygens (including phenoxy) is 1. The summed E-state index contributed by atoms with van der Waals surface area (Å²) in [6, 6.07) is 14.3. The number of rotatable bonds is 6. The highest BCUT2D eigenvalue weighted by Crippen LogP contribution is 2.26. The van der Waals surface area contributed by atoms with E-state index in [1.807, 2.05) is 30.3 Å². The van der Waals surface area contributed by atoms with E-state index >= 15 is 0 Å². The molecule has 0 aliphatic rings. The summed E-state index contributed by atoms with van der Waals surface area (Å²) in [6.45, 7) is 4.91. The quantitative estimate of drug-likeness (QED) is 0.610. The van der Waals surface area contributed by atoms with E-state index in [0.29, 0.717) is 0 Å². The number of hydrazine groups is 1. The third-order valence-corrected chi connectivity index (χ3v) is 4.26. The summed E-state index contributed by atoms with van der Waals surface area (Å²) in [5.41, 5.74) is 6.33. The lowest BCUT2D eigenvalue weighted by atomic mass is 9.98. The predicted molar refractivity (Wildman–Crippen MR) is 90.3 cm³/mol. The number of hydrogen-bond acceptors (Lipinski definition) is 3. The number of aryl methyl sites for hydroxylation is 1. The highest BCUT2D eigenvalue weighted by Gasteiger charge is 2.13. The largest absolute Gasteiger partial charge is 0.494 e. The zero-order valence-corrected chi connectivity index (χ0v) is 14.0. The van der Waals surface area contributed by atoms with Gasteiger partial charge in [-0.15, -0.1) is 0 Å². The molecular weight excluding hydrogens is 328 g/mol. The van der Waals surface area contributed by atoms with Gasteiger partial charge < -0.3 is 4.74 Å². The summed E-state index contributed by atoms with van der Waals surface area (Å²) in [4.78, 5) is 0. The van der Waals surface area contributed by atoms with Crippen LogP contribution in [0.1, 0.15) is 36.1 Å². The summed E-state index contributed by atoms with van der Waals surface area (Å²) in [5.74, 6) is 6.64. The second-order valence-corrected chi connectivity index (χ2v) is 5.88. The van der Waals surface area contributed by atoms with Gasteiger partial charge in [-0.1, -0.05) is 47.1 Å². The second kappa shape index (κ2) is 7.59. The molecule has 0 aliphatic heterocycles. The van der Waals surface area contributed by atoms with Gasteiger partial charge in [-0.3, -0.25) is 5.84 Å². The molecular formula is C17H21BrN2O. The van der Waals surface area contributed by atoms with E-state index in [1.54, 1.807) is 0 Å². The van der Waals surface area contributed by atoms with Crippen LogP contribution in [-0.2, 0) is 0 Å². The standard InChI is InChI=1S/C17H21BrN2O/c1-3-10-21-15-7-4-13(5-8-15)17(20-19)14-6-9-16(18)12(2)11-14/h4-9,11,17,20H,3,10,19H2,1-2H3. The minimum absolute atomic E-state index is 0.0305. The number of hydrogen-bond donors (Lipinski definition) is 2. The van der Waals surface area contributed by atoms with Crippen LogP contribution in [0, 0.1) is 6.92 Å². The van der Waals surface area contributed by atoms with Crippen LogP contribution >= 0.6 is 15.9 Å². The van der Waals surface area contributed by atoms with Gasteiger partial charge in [-0.2, -0.15) is 0 Å². The fraction of sp³-hybridized carbons (Fsp3) is 0.294. The Kier molecular flexibility index (Phi) is 5.79. The normalized spacial score (nSPS) is 12.2. The van der Waals surface area contributed by atoms with E-state index in [4.69, 9.17) is 10.6 Å².